The van der Waals surface area contributed by atoms with Crippen molar-refractivity contribution < 1.29 is 9.90 Å². The third-order valence-electron chi connectivity index (χ3n) is 3.04. The van der Waals surface area contributed by atoms with E-state index < -0.39 is 0 Å². The molecule has 1 fully saturated rings. The second-order valence-corrected chi connectivity index (χ2v) is 4.58. The minimum absolute atomic E-state index is 0.127. The molecule has 0 spiro atoms. The molecule has 1 heterocycles. The van der Waals surface area contributed by atoms with Gasteiger partial charge in [0.05, 0.1) is 6.61 Å². The topological polar surface area (TPSA) is 52.6 Å². The molecule has 4 nitrogen and oxygen atoms in total. The Morgan fingerprint density at radius 3 is 2.50 bits per heavy atom. The largest absolute Gasteiger partial charge is 0.395 e. The quantitative estimate of drug-likeness (QED) is 0.730. The molecule has 1 aliphatic rings. The van der Waals surface area contributed by atoms with Gasteiger partial charge in [-0.3, -0.25) is 4.79 Å². The molecular weight excluding hydrogens is 204 g/mol. The summed E-state index contributed by atoms with van der Waals surface area (Å²) in [6, 6.07) is 0.155. The van der Waals surface area contributed by atoms with Gasteiger partial charge in [-0.2, -0.15) is 0 Å². The molecule has 1 aliphatic heterocycles. The number of carbonyl (C=O) groups is 1. The van der Waals surface area contributed by atoms with Crippen molar-refractivity contribution >= 4 is 5.91 Å². The lowest BCUT2D eigenvalue weighted by molar-refractivity contribution is -0.131. The Bertz CT molecular complexity index is 201. The van der Waals surface area contributed by atoms with Crippen LogP contribution in [0.3, 0.4) is 0 Å². The van der Waals surface area contributed by atoms with Gasteiger partial charge >= 0.3 is 0 Å². The lowest BCUT2D eigenvalue weighted by Crippen LogP contribution is -2.38. The summed E-state index contributed by atoms with van der Waals surface area (Å²) >= 11 is 0. The first-order valence-corrected chi connectivity index (χ1v) is 6.36. The summed E-state index contributed by atoms with van der Waals surface area (Å²) in [5, 5.41) is 11.8. The molecule has 16 heavy (non-hydrogen) atoms. The second kappa shape index (κ2) is 7.63. The van der Waals surface area contributed by atoms with Gasteiger partial charge in [0.15, 0.2) is 0 Å². The number of nitrogens with zero attached hydrogens (tertiary/aromatic N) is 1. The Labute approximate surface area is 98.0 Å². The van der Waals surface area contributed by atoms with Crippen molar-refractivity contribution in [2.24, 2.45) is 0 Å². The lowest BCUT2D eigenvalue weighted by Gasteiger charge is -2.22. The number of likely N-dealkylation sites (tertiary alicyclic amines) is 1. The van der Waals surface area contributed by atoms with E-state index >= 15 is 0 Å². The highest BCUT2D eigenvalue weighted by molar-refractivity contribution is 5.76. The zero-order chi connectivity index (χ0) is 11.8. The van der Waals surface area contributed by atoms with Crippen molar-refractivity contribution in [3.8, 4) is 0 Å². The fourth-order valence-corrected chi connectivity index (χ4v) is 2.09. The lowest BCUT2D eigenvalue weighted by atomic mass is 10.2. The molecule has 1 atom stereocenters. The number of aliphatic hydroxyl groups is 1. The zero-order valence-electron chi connectivity index (χ0n) is 10.2. The van der Waals surface area contributed by atoms with Gasteiger partial charge in [0, 0.05) is 32.1 Å². The van der Waals surface area contributed by atoms with E-state index in [1.807, 2.05) is 11.8 Å². The Kier molecular flexibility index (Phi) is 6.42. The molecule has 1 unspecified atom stereocenters. The van der Waals surface area contributed by atoms with E-state index in [-0.39, 0.29) is 18.6 Å². The second-order valence-electron chi connectivity index (χ2n) is 4.58. The van der Waals surface area contributed by atoms with Crippen LogP contribution >= 0.6 is 0 Å². The van der Waals surface area contributed by atoms with Gasteiger partial charge in [0.1, 0.15) is 0 Å². The number of hydrogen-bond donors (Lipinski definition) is 2. The number of hydrogen-bond acceptors (Lipinski definition) is 3. The molecule has 0 aromatic carbocycles. The molecule has 1 amide bonds. The SMILES string of the molecule is CC(CC(=O)N1CCCCCC1)NCCO. The first-order valence-electron chi connectivity index (χ1n) is 6.36. The highest BCUT2D eigenvalue weighted by atomic mass is 16.3. The van der Waals surface area contributed by atoms with Gasteiger partial charge < -0.3 is 15.3 Å². The average molecular weight is 228 g/mol. The normalized spacial score (nSPS) is 19.2. The summed E-state index contributed by atoms with van der Waals surface area (Å²) in [5.74, 6) is 0.250. The van der Waals surface area contributed by atoms with Crippen molar-refractivity contribution in [2.45, 2.75) is 45.1 Å². The van der Waals surface area contributed by atoms with Crippen LogP contribution < -0.4 is 5.32 Å². The monoisotopic (exact) mass is 228 g/mol. The number of rotatable bonds is 5. The van der Waals surface area contributed by atoms with Crippen molar-refractivity contribution in [3.63, 3.8) is 0 Å². The molecule has 4 heteroatoms. The highest BCUT2D eigenvalue weighted by Gasteiger charge is 2.17. The van der Waals surface area contributed by atoms with Crippen molar-refractivity contribution in [2.75, 3.05) is 26.2 Å². The maximum Gasteiger partial charge on any atom is 0.224 e. The number of aliphatic hydroxyl groups excluding tert-OH is 1. The van der Waals surface area contributed by atoms with Crippen LogP contribution in [0.5, 0.6) is 0 Å². The summed E-state index contributed by atoms with van der Waals surface area (Å²) in [4.78, 5) is 13.9. The van der Waals surface area contributed by atoms with E-state index in [2.05, 4.69) is 5.32 Å². The minimum atomic E-state index is 0.127. The van der Waals surface area contributed by atoms with E-state index in [0.29, 0.717) is 13.0 Å². The summed E-state index contributed by atoms with van der Waals surface area (Å²) in [5.41, 5.74) is 0. The Morgan fingerprint density at radius 1 is 1.31 bits per heavy atom. The molecular formula is C12H24N2O2. The van der Waals surface area contributed by atoms with E-state index in [1.54, 1.807) is 0 Å². The summed E-state index contributed by atoms with van der Waals surface area (Å²) in [7, 11) is 0. The van der Waals surface area contributed by atoms with Crippen molar-refractivity contribution in [1.29, 1.82) is 0 Å². The molecule has 0 aliphatic carbocycles. The van der Waals surface area contributed by atoms with Gasteiger partial charge in [-0.05, 0) is 19.8 Å². The summed E-state index contributed by atoms with van der Waals surface area (Å²) in [6.45, 7) is 4.53. The van der Waals surface area contributed by atoms with Gasteiger partial charge in [-0.1, -0.05) is 12.8 Å². The van der Waals surface area contributed by atoms with Gasteiger partial charge in [-0.25, -0.2) is 0 Å². The van der Waals surface area contributed by atoms with Crippen LogP contribution in [0.25, 0.3) is 0 Å². The predicted octanol–water partition coefficient (Wildman–Crippen LogP) is 0.749. The van der Waals surface area contributed by atoms with Gasteiger partial charge in [0.2, 0.25) is 5.91 Å². The smallest absolute Gasteiger partial charge is 0.224 e. The van der Waals surface area contributed by atoms with Crippen molar-refractivity contribution in [1.82, 2.24) is 10.2 Å². The molecule has 0 bridgehead atoms. The van der Waals surface area contributed by atoms with Crippen LogP contribution in [0.4, 0.5) is 0 Å². The maximum atomic E-state index is 11.9. The zero-order valence-corrected chi connectivity index (χ0v) is 10.2. The van der Waals surface area contributed by atoms with Crippen LogP contribution in [0.2, 0.25) is 0 Å². The van der Waals surface area contributed by atoms with Crippen LogP contribution in [0.15, 0.2) is 0 Å². The maximum absolute atomic E-state index is 11.9. The number of amides is 1. The van der Waals surface area contributed by atoms with E-state index in [1.165, 1.54) is 12.8 Å². The van der Waals surface area contributed by atoms with E-state index in [0.717, 1.165) is 25.9 Å². The van der Waals surface area contributed by atoms with Crippen LogP contribution in [0, 0.1) is 0 Å². The average Bonchev–Trinajstić information content (AvgIpc) is 2.54. The molecule has 94 valence electrons. The Balaban J connectivity index is 2.26. The molecule has 0 saturated carbocycles. The molecule has 1 rings (SSSR count). The first kappa shape index (κ1) is 13.5. The molecule has 2 N–H and O–H groups in total. The van der Waals surface area contributed by atoms with Crippen LogP contribution in [-0.4, -0.2) is 48.2 Å². The Hall–Kier alpha value is -0.610. The van der Waals surface area contributed by atoms with Crippen molar-refractivity contribution in [3.05, 3.63) is 0 Å². The molecule has 0 aromatic heterocycles. The van der Waals surface area contributed by atoms with E-state index in [9.17, 15) is 4.79 Å². The van der Waals surface area contributed by atoms with E-state index in [4.69, 9.17) is 5.11 Å². The molecule has 0 radical (unpaired) electrons. The molecule has 0 aromatic rings. The first-order chi connectivity index (χ1) is 7.74. The summed E-state index contributed by atoms with van der Waals surface area (Å²) < 4.78 is 0. The van der Waals surface area contributed by atoms with Gasteiger partial charge in [-0.15, -0.1) is 0 Å². The van der Waals surface area contributed by atoms with Crippen LogP contribution in [-0.2, 0) is 4.79 Å². The summed E-state index contributed by atoms with van der Waals surface area (Å²) in [6.07, 6.45) is 5.33. The predicted molar refractivity (Wildman–Crippen MR) is 64.2 cm³/mol. The number of carbonyl (C=O) groups excluding carboxylic acids is 1. The Morgan fingerprint density at radius 2 is 1.94 bits per heavy atom. The standard InChI is InChI=1S/C12H24N2O2/c1-11(13-6-9-15)10-12(16)14-7-4-2-3-5-8-14/h11,13,15H,2-10H2,1H3. The fourth-order valence-electron chi connectivity index (χ4n) is 2.09. The number of nitrogens with one attached hydrogen (secondary N) is 1. The minimum Gasteiger partial charge on any atom is -0.395 e. The van der Waals surface area contributed by atoms with Crippen LogP contribution in [0.1, 0.15) is 39.0 Å². The fraction of sp³-hybridized carbons (Fsp3) is 0.917. The third kappa shape index (κ3) is 4.94. The highest BCUT2D eigenvalue weighted by Crippen LogP contribution is 2.11. The molecule has 1 saturated heterocycles. The van der Waals surface area contributed by atoms with Gasteiger partial charge in [0.25, 0.3) is 0 Å². The third-order valence-corrected chi connectivity index (χ3v) is 3.04.